The molecule has 2 aliphatic heterocycles. The molecular formula is C20H29ClN2O4. The summed E-state index contributed by atoms with van der Waals surface area (Å²) < 4.78 is 16.6. The van der Waals surface area contributed by atoms with E-state index >= 15 is 0 Å². The standard InChI is InChI=1S/C20H28N2O4.ClH/c21-11-14-2-1-3-16(14)19(23)22-12-20(6-8-24-9-7-20)15-4-5-17-18(10-15)26-13-25-17;/h4-5,10,14,16H,1-3,6-9,11-13,21H2,(H,22,23);1H/t14-,16-;/m1./s1. The number of nitrogens with two attached hydrogens (primary N) is 1. The van der Waals surface area contributed by atoms with E-state index in [9.17, 15) is 4.79 Å². The van der Waals surface area contributed by atoms with Crippen molar-refractivity contribution in [3.05, 3.63) is 23.8 Å². The Labute approximate surface area is 166 Å². The number of carbonyl (C=O) groups excluding carboxylic acids is 1. The maximum atomic E-state index is 12.8. The molecular weight excluding hydrogens is 368 g/mol. The van der Waals surface area contributed by atoms with Crippen molar-refractivity contribution in [1.29, 1.82) is 0 Å². The summed E-state index contributed by atoms with van der Waals surface area (Å²) in [6.07, 6.45) is 4.89. The van der Waals surface area contributed by atoms with Gasteiger partial charge in [0.2, 0.25) is 12.7 Å². The van der Waals surface area contributed by atoms with Crippen LogP contribution in [-0.4, -0.2) is 39.0 Å². The Kier molecular flexibility index (Phi) is 6.50. The van der Waals surface area contributed by atoms with Gasteiger partial charge >= 0.3 is 0 Å². The third-order valence-corrected chi connectivity index (χ3v) is 6.33. The third kappa shape index (κ3) is 4.03. The van der Waals surface area contributed by atoms with Gasteiger partial charge in [-0.15, -0.1) is 12.4 Å². The fourth-order valence-electron chi connectivity index (χ4n) is 4.61. The van der Waals surface area contributed by atoms with Crippen LogP contribution in [0.5, 0.6) is 11.5 Å². The van der Waals surface area contributed by atoms with Crippen molar-refractivity contribution in [3.63, 3.8) is 0 Å². The Morgan fingerprint density at radius 3 is 2.74 bits per heavy atom. The van der Waals surface area contributed by atoms with Crippen LogP contribution in [0.25, 0.3) is 0 Å². The number of halogens is 1. The summed E-state index contributed by atoms with van der Waals surface area (Å²) in [5.74, 6) is 2.12. The van der Waals surface area contributed by atoms with Gasteiger partial charge in [0.25, 0.3) is 0 Å². The summed E-state index contributed by atoms with van der Waals surface area (Å²) in [7, 11) is 0. The molecule has 1 aromatic rings. The van der Waals surface area contributed by atoms with Crippen LogP contribution in [0.15, 0.2) is 18.2 Å². The smallest absolute Gasteiger partial charge is 0.231 e. The highest BCUT2D eigenvalue weighted by molar-refractivity contribution is 5.85. The SMILES string of the molecule is Cl.NC[C@H]1CCC[C@H]1C(=O)NCC1(c2ccc3c(c2)OCO3)CCOCC1. The molecule has 1 saturated heterocycles. The predicted octanol–water partition coefficient (Wildman–Crippen LogP) is 2.38. The second kappa shape index (κ2) is 8.67. The molecule has 1 saturated carbocycles. The Morgan fingerprint density at radius 2 is 1.96 bits per heavy atom. The number of hydrogen-bond acceptors (Lipinski definition) is 5. The van der Waals surface area contributed by atoms with Gasteiger partial charge in [-0.05, 0) is 55.8 Å². The van der Waals surface area contributed by atoms with E-state index in [1.54, 1.807) is 0 Å². The summed E-state index contributed by atoms with van der Waals surface area (Å²) in [5, 5.41) is 3.24. The quantitative estimate of drug-likeness (QED) is 0.798. The summed E-state index contributed by atoms with van der Waals surface area (Å²) in [6, 6.07) is 6.14. The molecule has 0 aromatic heterocycles. The molecule has 0 spiro atoms. The molecule has 3 N–H and O–H groups in total. The van der Waals surface area contributed by atoms with Gasteiger partial charge in [0.1, 0.15) is 0 Å². The van der Waals surface area contributed by atoms with Crippen molar-refractivity contribution in [2.75, 3.05) is 33.1 Å². The van der Waals surface area contributed by atoms with Crippen LogP contribution >= 0.6 is 12.4 Å². The lowest BCUT2D eigenvalue weighted by Gasteiger charge is -2.38. The van der Waals surface area contributed by atoms with Gasteiger partial charge in [-0.1, -0.05) is 12.5 Å². The number of carbonyl (C=O) groups is 1. The van der Waals surface area contributed by atoms with Crippen LogP contribution < -0.4 is 20.5 Å². The molecule has 4 rings (SSSR count). The number of ether oxygens (including phenoxy) is 3. The molecule has 2 fully saturated rings. The molecule has 2 atom stereocenters. The lowest BCUT2D eigenvalue weighted by atomic mass is 9.74. The zero-order valence-electron chi connectivity index (χ0n) is 15.6. The van der Waals surface area contributed by atoms with Crippen molar-refractivity contribution < 1.29 is 19.0 Å². The maximum Gasteiger partial charge on any atom is 0.231 e. The topological polar surface area (TPSA) is 82.8 Å². The van der Waals surface area contributed by atoms with Gasteiger partial charge < -0.3 is 25.3 Å². The molecule has 0 unspecified atom stereocenters. The number of benzene rings is 1. The highest BCUT2D eigenvalue weighted by Crippen LogP contribution is 2.41. The van der Waals surface area contributed by atoms with E-state index in [2.05, 4.69) is 17.4 Å². The fourth-order valence-corrected chi connectivity index (χ4v) is 4.61. The monoisotopic (exact) mass is 396 g/mol. The van der Waals surface area contributed by atoms with Crippen molar-refractivity contribution in [2.24, 2.45) is 17.6 Å². The van der Waals surface area contributed by atoms with Gasteiger partial charge in [0, 0.05) is 31.1 Å². The molecule has 0 radical (unpaired) electrons. The number of amides is 1. The van der Waals surface area contributed by atoms with Gasteiger partial charge in [-0.2, -0.15) is 0 Å². The van der Waals surface area contributed by atoms with Gasteiger partial charge in [-0.3, -0.25) is 4.79 Å². The van der Waals surface area contributed by atoms with Crippen molar-refractivity contribution in [1.82, 2.24) is 5.32 Å². The molecule has 3 aliphatic rings. The van der Waals surface area contributed by atoms with E-state index in [4.69, 9.17) is 19.9 Å². The highest BCUT2D eigenvalue weighted by atomic mass is 35.5. The Bertz CT molecular complexity index is 663. The van der Waals surface area contributed by atoms with Crippen molar-refractivity contribution >= 4 is 18.3 Å². The minimum absolute atomic E-state index is 0. The average molecular weight is 397 g/mol. The van der Waals surface area contributed by atoms with Crippen LogP contribution in [0.2, 0.25) is 0 Å². The molecule has 1 aliphatic carbocycles. The maximum absolute atomic E-state index is 12.8. The van der Waals surface area contributed by atoms with Crippen LogP contribution in [0, 0.1) is 11.8 Å². The first-order chi connectivity index (χ1) is 12.7. The Balaban J connectivity index is 0.00000210. The number of rotatable bonds is 5. The number of fused-ring (bicyclic) bond motifs is 1. The van der Waals surface area contributed by atoms with Crippen molar-refractivity contribution in [2.45, 2.75) is 37.5 Å². The van der Waals surface area contributed by atoms with Crippen LogP contribution in [0.1, 0.15) is 37.7 Å². The third-order valence-electron chi connectivity index (χ3n) is 6.33. The minimum atomic E-state index is -0.119. The first-order valence-electron chi connectivity index (χ1n) is 9.67. The molecule has 150 valence electrons. The van der Waals surface area contributed by atoms with Crippen LogP contribution in [0.3, 0.4) is 0 Å². The molecule has 2 heterocycles. The summed E-state index contributed by atoms with van der Waals surface area (Å²) in [6.45, 7) is 2.91. The molecule has 6 nitrogen and oxygen atoms in total. The minimum Gasteiger partial charge on any atom is -0.454 e. The molecule has 1 amide bonds. The molecule has 27 heavy (non-hydrogen) atoms. The van der Waals surface area contributed by atoms with Gasteiger partial charge in [-0.25, -0.2) is 0 Å². The average Bonchev–Trinajstić information content (AvgIpc) is 3.35. The van der Waals surface area contributed by atoms with E-state index in [-0.39, 0.29) is 36.4 Å². The Morgan fingerprint density at radius 1 is 1.19 bits per heavy atom. The van der Waals surface area contributed by atoms with Crippen LogP contribution in [0.4, 0.5) is 0 Å². The Hall–Kier alpha value is -1.50. The predicted molar refractivity (Wildman–Crippen MR) is 104 cm³/mol. The first kappa shape index (κ1) is 20.2. The zero-order valence-corrected chi connectivity index (χ0v) is 16.4. The van der Waals surface area contributed by atoms with Crippen LogP contribution in [-0.2, 0) is 14.9 Å². The summed E-state index contributed by atoms with van der Waals surface area (Å²) in [4.78, 5) is 12.8. The lowest BCUT2D eigenvalue weighted by Crippen LogP contribution is -2.46. The largest absolute Gasteiger partial charge is 0.454 e. The second-order valence-corrected chi connectivity index (χ2v) is 7.71. The zero-order chi connectivity index (χ0) is 18.0. The molecule has 1 aromatic carbocycles. The van der Waals surface area contributed by atoms with E-state index in [1.807, 2.05) is 6.07 Å². The van der Waals surface area contributed by atoms with E-state index in [0.29, 0.717) is 32.2 Å². The summed E-state index contributed by atoms with van der Waals surface area (Å²) in [5.41, 5.74) is 6.92. The normalized spacial score (nSPS) is 25.7. The van der Waals surface area contributed by atoms with E-state index < -0.39 is 0 Å². The number of nitrogens with one attached hydrogen (secondary N) is 1. The van der Waals surface area contributed by atoms with Crippen molar-refractivity contribution in [3.8, 4) is 11.5 Å². The van der Waals surface area contributed by atoms with E-state index in [1.165, 1.54) is 5.56 Å². The number of hydrogen-bond donors (Lipinski definition) is 2. The van der Waals surface area contributed by atoms with Gasteiger partial charge in [0.15, 0.2) is 11.5 Å². The fraction of sp³-hybridized carbons (Fsp3) is 0.650. The molecule has 0 bridgehead atoms. The molecule has 7 heteroatoms. The first-order valence-corrected chi connectivity index (χ1v) is 9.67. The lowest BCUT2D eigenvalue weighted by molar-refractivity contribution is -0.126. The highest BCUT2D eigenvalue weighted by Gasteiger charge is 2.38. The summed E-state index contributed by atoms with van der Waals surface area (Å²) >= 11 is 0. The van der Waals surface area contributed by atoms with Gasteiger partial charge in [0.05, 0.1) is 0 Å². The van der Waals surface area contributed by atoms with E-state index in [0.717, 1.165) is 43.6 Å². The second-order valence-electron chi connectivity index (χ2n) is 7.71.